The average Bonchev–Trinajstić information content (AvgIpc) is 2.81. The minimum absolute atomic E-state index is 0.245. The highest BCUT2D eigenvalue weighted by atomic mass is 16.6. The molecule has 118 valence electrons. The van der Waals surface area contributed by atoms with Crippen LogP contribution in [0.25, 0.3) is 0 Å². The highest BCUT2D eigenvalue weighted by Crippen LogP contribution is 2.30. The van der Waals surface area contributed by atoms with Gasteiger partial charge in [-0.1, -0.05) is 36.4 Å². The number of benzene rings is 2. The molecule has 23 heavy (non-hydrogen) atoms. The van der Waals surface area contributed by atoms with E-state index >= 15 is 0 Å². The Morgan fingerprint density at radius 2 is 1.61 bits per heavy atom. The first-order valence-corrected chi connectivity index (χ1v) is 7.40. The first-order chi connectivity index (χ1) is 11.0. The van der Waals surface area contributed by atoms with Crippen molar-refractivity contribution in [1.82, 2.24) is 5.01 Å². The molecule has 0 saturated carbocycles. The number of esters is 1. The monoisotopic (exact) mass is 310 g/mol. The Bertz CT molecular complexity index is 718. The first-order valence-electron chi connectivity index (χ1n) is 7.40. The standard InChI is InChI=1S/C18H18N2O3/c1-18(23-16(21)14-9-5-3-6-10-14)13-20(19(2)17(18)22)15-11-7-4-8-12-15/h3-12H,13H2,1-2H3. The molecular formula is C18H18N2O3. The lowest BCUT2D eigenvalue weighted by Gasteiger charge is -2.25. The molecule has 0 aromatic heterocycles. The van der Waals surface area contributed by atoms with Gasteiger partial charge in [0.25, 0.3) is 5.91 Å². The van der Waals surface area contributed by atoms with Gasteiger partial charge in [-0.3, -0.25) is 14.8 Å². The van der Waals surface area contributed by atoms with Crippen LogP contribution < -0.4 is 5.01 Å². The zero-order chi connectivity index (χ0) is 16.4. The van der Waals surface area contributed by atoms with Crippen molar-refractivity contribution >= 4 is 17.6 Å². The van der Waals surface area contributed by atoms with Crippen LogP contribution in [0.4, 0.5) is 5.69 Å². The van der Waals surface area contributed by atoms with Crippen LogP contribution in [0.5, 0.6) is 0 Å². The quantitative estimate of drug-likeness (QED) is 0.817. The van der Waals surface area contributed by atoms with Crippen molar-refractivity contribution in [2.24, 2.45) is 0 Å². The molecule has 5 heteroatoms. The summed E-state index contributed by atoms with van der Waals surface area (Å²) in [6, 6.07) is 18.2. The topological polar surface area (TPSA) is 49.9 Å². The number of hydrogen-bond acceptors (Lipinski definition) is 4. The maximum Gasteiger partial charge on any atom is 0.339 e. The Morgan fingerprint density at radius 3 is 2.22 bits per heavy atom. The molecule has 0 radical (unpaired) electrons. The van der Waals surface area contributed by atoms with Crippen molar-refractivity contribution in [3.63, 3.8) is 0 Å². The highest BCUT2D eigenvalue weighted by molar-refractivity contribution is 5.96. The molecule has 1 heterocycles. The fourth-order valence-corrected chi connectivity index (χ4v) is 2.69. The van der Waals surface area contributed by atoms with Gasteiger partial charge < -0.3 is 4.74 Å². The third-order valence-electron chi connectivity index (χ3n) is 3.94. The minimum atomic E-state index is -1.21. The van der Waals surface area contributed by atoms with Crippen LogP contribution in [-0.4, -0.2) is 36.1 Å². The van der Waals surface area contributed by atoms with E-state index in [0.717, 1.165) is 5.69 Å². The van der Waals surface area contributed by atoms with Gasteiger partial charge in [-0.15, -0.1) is 0 Å². The molecule has 2 aromatic carbocycles. The van der Waals surface area contributed by atoms with Crippen molar-refractivity contribution in [3.05, 3.63) is 66.2 Å². The van der Waals surface area contributed by atoms with Gasteiger partial charge in [0, 0.05) is 7.05 Å². The number of rotatable bonds is 3. The molecule has 1 fully saturated rings. The van der Waals surface area contributed by atoms with Crippen molar-refractivity contribution in [2.45, 2.75) is 12.5 Å². The lowest BCUT2D eigenvalue weighted by molar-refractivity contribution is -0.141. The summed E-state index contributed by atoms with van der Waals surface area (Å²) < 4.78 is 5.55. The van der Waals surface area contributed by atoms with Crippen molar-refractivity contribution < 1.29 is 14.3 Å². The van der Waals surface area contributed by atoms with Crippen LogP contribution in [0.2, 0.25) is 0 Å². The molecule has 3 rings (SSSR count). The maximum atomic E-state index is 12.6. The molecule has 5 nitrogen and oxygen atoms in total. The van der Waals surface area contributed by atoms with E-state index in [1.165, 1.54) is 5.01 Å². The Hall–Kier alpha value is -2.82. The number of carbonyl (C=O) groups excluding carboxylic acids is 2. The SMILES string of the molecule is CN1C(=O)C(C)(OC(=O)c2ccccc2)CN1c1ccccc1. The number of para-hydroxylation sites is 1. The largest absolute Gasteiger partial charge is 0.444 e. The van der Waals surface area contributed by atoms with E-state index in [4.69, 9.17) is 4.74 Å². The predicted octanol–water partition coefficient (Wildman–Crippen LogP) is 2.50. The number of likely N-dealkylation sites (N-methyl/N-ethyl adjacent to an activating group) is 1. The third kappa shape index (κ3) is 2.77. The Labute approximate surface area is 135 Å². The summed E-state index contributed by atoms with van der Waals surface area (Å²) in [5, 5.41) is 3.30. The maximum absolute atomic E-state index is 12.6. The van der Waals surface area contributed by atoms with Crippen LogP contribution in [0, 0.1) is 0 Å². The zero-order valence-corrected chi connectivity index (χ0v) is 13.1. The van der Waals surface area contributed by atoms with Gasteiger partial charge in [0.1, 0.15) is 0 Å². The molecule has 0 aliphatic carbocycles. The molecule has 0 spiro atoms. The number of hydrazine groups is 1. The van der Waals surface area contributed by atoms with E-state index in [9.17, 15) is 9.59 Å². The van der Waals surface area contributed by atoms with E-state index in [1.807, 2.05) is 36.4 Å². The second-order valence-electron chi connectivity index (χ2n) is 5.71. The summed E-state index contributed by atoms with van der Waals surface area (Å²) in [6.07, 6.45) is 0. The van der Waals surface area contributed by atoms with Gasteiger partial charge >= 0.3 is 5.97 Å². The van der Waals surface area contributed by atoms with Crippen LogP contribution >= 0.6 is 0 Å². The van der Waals surface area contributed by atoms with Gasteiger partial charge in [-0.25, -0.2) is 4.79 Å². The summed E-state index contributed by atoms with van der Waals surface area (Å²) in [6.45, 7) is 1.93. The summed E-state index contributed by atoms with van der Waals surface area (Å²) in [5.41, 5.74) is 0.0995. The van der Waals surface area contributed by atoms with Crippen LogP contribution in [-0.2, 0) is 9.53 Å². The summed E-state index contributed by atoms with van der Waals surface area (Å²) in [5.74, 6) is -0.740. The van der Waals surface area contributed by atoms with E-state index < -0.39 is 11.6 Å². The normalized spacial score (nSPS) is 20.7. The predicted molar refractivity (Wildman–Crippen MR) is 86.8 cm³/mol. The van der Waals surface area contributed by atoms with E-state index in [1.54, 1.807) is 43.2 Å². The van der Waals surface area contributed by atoms with Gasteiger partial charge in [0.15, 0.2) is 0 Å². The first kappa shape index (κ1) is 15.1. The van der Waals surface area contributed by atoms with Crippen molar-refractivity contribution in [3.8, 4) is 0 Å². The number of amides is 1. The number of nitrogens with zero attached hydrogens (tertiary/aromatic N) is 2. The highest BCUT2D eigenvalue weighted by Gasteiger charge is 2.49. The van der Waals surface area contributed by atoms with Crippen LogP contribution in [0.15, 0.2) is 60.7 Å². The molecule has 1 aliphatic heterocycles. The second kappa shape index (κ2) is 5.76. The second-order valence-corrected chi connectivity index (χ2v) is 5.71. The molecule has 1 amide bonds. The molecule has 1 saturated heterocycles. The fraction of sp³-hybridized carbons (Fsp3) is 0.222. The Kier molecular flexibility index (Phi) is 3.78. The van der Waals surface area contributed by atoms with E-state index in [0.29, 0.717) is 5.56 Å². The Morgan fingerprint density at radius 1 is 1.04 bits per heavy atom. The molecular weight excluding hydrogens is 292 g/mol. The number of hydrogen-bond donors (Lipinski definition) is 0. The van der Waals surface area contributed by atoms with E-state index in [2.05, 4.69) is 0 Å². The third-order valence-corrected chi connectivity index (χ3v) is 3.94. The van der Waals surface area contributed by atoms with Crippen molar-refractivity contribution in [1.29, 1.82) is 0 Å². The van der Waals surface area contributed by atoms with Gasteiger partial charge in [-0.05, 0) is 31.2 Å². The Balaban J connectivity index is 1.82. The minimum Gasteiger partial charge on any atom is -0.444 e. The molecule has 1 aliphatic rings. The fourth-order valence-electron chi connectivity index (χ4n) is 2.69. The average molecular weight is 310 g/mol. The molecule has 0 N–H and O–H groups in total. The van der Waals surface area contributed by atoms with Crippen LogP contribution in [0.3, 0.4) is 0 Å². The number of carbonyl (C=O) groups is 2. The zero-order valence-electron chi connectivity index (χ0n) is 13.1. The number of ether oxygens (including phenoxy) is 1. The van der Waals surface area contributed by atoms with Gasteiger partial charge in [0.2, 0.25) is 5.60 Å². The summed E-state index contributed by atoms with van der Waals surface area (Å²) in [7, 11) is 1.68. The van der Waals surface area contributed by atoms with Gasteiger partial charge in [-0.2, -0.15) is 0 Å². The lowest BCUT2D eigenvalue weighted by atomic mass is 10.1. The van der Waals surface area contributed by atoms with Crippen LogP contribution in [0.1, 0.15) is 17.3 Å². The molecule has 1 atom stereocenters. The molecule has 1 unspecified atom stereocenters. The smallest absolute Gasteiger partial charge is 0.339 e. The van der Waals surface area contributed by atoms with Gasteiger partial charge in [0.05, 0.1) is 17.8 Å². The number of anilines is 1. The van der Waals surface area contributed by atoms with Crippen molar-refractivity contribution in [2.75, 3.05) is 18.6 Å². The lowest BCUT2D eigenvalue weighted by Crippen LogP contribution is -2.42. The van der Waals surface area contributed by atoms with E-state index in [-0.39, 0.29) is 12.5 Å². The summed E-state index contributed by atoms with van der Waals surface area (Å²) >= 11 is 0. The molecule has 2 aromatic rings. The summed E-state index contributed by atoms with van der Waals surface area (Å²) in [4.78, 5) is 24.9. The molecule has 0 bridgehead atoms.